The van der Waals surface area contributed by atoms with Gasteiger partial charge in [0, 0.05) is 22.7 Å². The lowest BCUT2D eigenvalue weighted by atomic mass is 10.1. The zero-order valence-corrected chi connectivity index (χ0v) is 15.0. The van der Waals surface area contributed by atoms with Gasteiger partial charge in [-0.2, -0.15) is 4.98 Å². The van der Waals surface area contributed by atoms with Gasteiger partial charge in [-0.1, -0.05) is 48.5 Å². The first-order valence-corrected chi connectivity index (χ1v) is 9.30. The third kappa shape index (κ3) is 2.50. The van der Waals surface area contributed by atoms with Gasteiger partial charge in [0.15, 0.2) is 4.96 Å². The standard InChI is InChI=1S/C21H14N4OS/c22-19-16(10-14-11-23-17-9-5-4-8-15(14)17)20(26)24-21-25(19)18(12-27-21)13-6-2-1-3-7-13/h1-12H,22H2/b14-10+. The Morgan fingerprint density at radius 2 is 1.81 bits per heavy atom. The van der Waals surface area contributed by atoms with Crippen molar-refractivity contribution < 1.29 is 0 Å². The second kappa shape index (κ2) is 6.03. The van der Waals surface area contributed by atoms with Gasteiger partial charge < -0.3 is 5.73 Å². The Morgan fingerprint density at radius 3 is 2.67 bits per heavy atom. The van der Waals surface area contributed by atoms with E-state index in [9.17, 15) is 4.79 Å². The molecule has 6 heteroatoms. The molecule has 0 amide bonds. The number of nitrogens with zero attached hydrogens (tertiary/aromatic N) is 3. The third-order valence-electron chi connectivity index (χ3n) is 4.58. The number of hydrogen-bond donors (Lipinski definition) is 1. The first-order chi connectivity index (χ1) is 13.2. The first kappa shape index (κ1) is 15.7. The fourth-order valence-corrected chi connectivity index (χ4v) is 4.15. The van der Waals surface area contributed by atoms with Crippen molar-refractivity contribution in [3.63, 3.8) is 0 Å². The molecule has 2 aromatic carbocycles. The summed E-state index contributed by atoms with van der Waals surface area (Å²) in [5, 5.41) is 1.97. The Labute approximate surface area is 158 Å². The van der Waals surface area contributed by atoms with Gasteiger partial charge in [-0.15, -0.1) is 11.3 Å². The number of benzene rings is 2. The Kier molecular flexibility index (Phi) is 3.51. The SMILES string of the molecule is Nc1c(/C=C2\C=Nc3ccccc32)c(=O)nc2scc(-c3ccccc3)n12. The van der Waals surface area contributed by atoms with Crippen molar-refractivity contribution in [1.82, 2.24) is 9.38 Å². The predicted octanol–water partition coefficient (Wildman–Crippen LogP) is 4.26. The lowest BCUT2D eigenvalue weighted by Gasteiger charge is -2.08. The lowest BCUT2D eigenvalue weighted by molar-refractivity contribution is 1.12. The van der Waals surface area contributed by atoms with Crippen LogP contribution in [0.5, 0.6) is 0 Å². The lowest BCUT2D eigenvalue weighted by Crippen LogP contribution is -2.16. The highest BCUT2D eigenvalue weighted by Gasteiger charge is 2.17. The van der Waals surface area contributed by atoms with E-state index in [4.69, 9.17) is 5.73 Å². The van der Waals surface area contributed by atoms with Crippen molar-refractivity contribution in [2.24, 2.45) is 4.99 Å². The number of aliphatic imine (C=N–C) groups is 1. The van der Waals surface area contributed by atoms with Crippen molar-refractivity contribution in [3.05, 3.63) is 81.5 Å². The van der Waals surface area contributed by atoms with Crippen LogP contribution in [0.4, 0.5) is 11.5 Å². The normalized spacial score (nSPS) is 14.1. The van der Waals surface area contributed by atoms with Crippen LogP contribution in [-0.2, 0) is 0 Å². The van der Waals surface area contributed by atoms with Crippen LogP contribution in [0.2, 0.25) is 0 Å². The van der Waals surface area contributed by atoms with Crippen molar-refractivity contribution in [1.29, 1.82) is 0 Å². The van der Waals surface area contributed by atoms with Gasteiger partial charge in [-0.3, -0.25) is 14.2 Å². The second-order valence-corrected chi connectivity index (χ2v) is 7.03. The molecule has 1 aliphatic rings. The quantitative estimate of drug-likeness (QED) is 0.573. The average Bonchev–Trinajstić information content (AvgIpc) is 3.30. The molecule has 0 aliphatic carbocycles. The number of fused-ring (bicyclic) bond motifs is 2. The van der Waals surface area contributed by atoms with Crippen LogP contribution in [0.1, 0.15) is 11.1 Å². The van der Waals surface area contributed by atoms with Crippen molar-refractivity contribution in [2.75, 3.05) is 5.73 Å². The molecular formula is C21H14N4OS. The number of nitrogen functional groups attached to an aromatic ring is 1. The van der Waals surface area contributed by atoms with E-state index >= 15 is 0 Å². The summed E-state index contributed by atoms with van der Waals surface area (Å²) in [6, 6.07) is 17.7. The molecule has 0 bridgehead atoms. The van der Waals surface area contributed by atoms with Crippen LogP contribution in [0.15, 0.2) is 69.8 Å². The highest BCUT2D eigenvalue weighted by Crippen LogP contribution is 2.33. The maximum absolute atomic E-state index is 12.6. The summed E-state index contributed by atoms with van der Waals surface area (Å²) in [7, 11) is 0. The average molecular weight is 370 g/mol. The molecule has 5 rings (SSSR count). The number of anilines is 1. The topological polar surface area (TPSA) is 72.8 Å². The van der Waals surface area contributed by atoms with Gasteiger partial charge in [0.2, 0.25) is 0 Å². The largest absolute Gasteiger partial charge is 0.384 e. The molecule has 5 nitrogen and oxygen atoms in total. The highest BCUT2D eigenvalue weighted by atomic mass is 32.1. The fourth-order valence-electron chi connectivity index (χ4n) is 3.25. The van der Waals surface area contributed by atoms with E-state index in [1.165, 1.54) is 11.3 Å². The van der Waals surface area contributed by atoms with E-state index < -0.39 is 0 Å². The molecule has 27 heavy (non-hydrogen) atoms. The molecule has 0 fully saturated rings. The smallest absolute Gasteiger partial charge is 0.283 e. The van der Waals surface area contributed by atoms with Crippen LogP contribution in [-0.4, -0.2) is 15.6 Å². The summed E-state index contributed by atoms with van der Waals surface area (Å²) >= 11 is 1.40. The molecule has 0 saturated heterocycles. The van der Waals surface area contributed by atoms with E-state index in [-0.39, 0.29) is 5.56 Å². The summed E-state index contributed by atoms with van der Waals surface area (Å²) in [6.45, 7) is 0. The number of aromatic nitrogens is 2. The summed E-state index contributed by atoms with van der Waals surface area (Å²) in [6.07, 6.45) is 3.53. The maximum atomic E-state index is 12.6. The molecule has 1 aliphatic heterocycles. The molecule has 0 atom stereocenters. The van der Waals surface area contributed by atoms with E-state index in [1.807, 2.05) is 64.4 Å². The van der Waals surface area contributed by atoms with Crippen molar-refractivity contribution >= 4 is 45.7 Å². The van der Waals surface area contributed by atoms with E-state index in [0.29, 0.717) is 16.3 Å². The Bertz CT molecular complexity index is 1300. The number of hydrogen-bond acceptors (Lipinski definition) is 5. The van der Waals surface area contributed by atoms with Gasteiger partial charge in [-0.05, 0) is 17.7 Å². The molecule has 0 unspecified atom stereocenters. The summed E-state index contributed by atoms with van der Waals surface area (Å²) < 4.78 is 1.84. The van der Waals surface area contributed by atoms with Gasteiger partial charge in [-0.25, -0.2) is 0 Å². The second-order valence-electron chi connectivity index (χ2n) is 6.20. The zero-order chi connectivity index (χ0) is 18.4. The highest BCUT2D eigenvalue weighted by molar-refractivity contribution is 7.15. The van der Waals surface area contributed by atoms with Crippen molar-refractivity contribution in [3.8, 4) is 11.3 Å². The summed E-state index contributed by atoms with van der Waals surface area (Å²) in [5.74, 6) is 0.385. The van der Waals surface area contributed by atoms with Gasteiger partial charge >= 0.3 is 0 Å². The summed E-state index contributed by atoms with van der Waals surface area (Å²) in [4.78, 5) is 21.8. The number of thiazole rings is 1. The summed E-state index contributed by atoms with van der Waals surface area (Å²) in [5.41, 5.74) is 11.1. The molecule has 3 heterocycles. The molecule has 130 valence electrons. The number of allylic oxidation sites excluding steroid dienone is 1. The molecule has 2 N–H and O–H groups in total. The van der Waals surface area contributed by atoms with E-state index in [2.05, 4.69) is 9.98 Å². The minimum atomic E-state index is -0.334. The minimum absolute atomic E-state index is 0.334. The van der Waals surface area contributed by atoms with Gasteiger partial charge in [0.05, 0.1) is 16.9 Å². The van der Waals surface area contributed by atoms with Crippen LogP contribution < -0.4 is 11.3 Å². The number of nitrogens with two attached hydrogens (primary N) is 1. The Hall–Kier alpha value is -3.51. The molecule has 0 spiro atoms. The molecule has 0 radical (unpaired) electrons. The van der Waals surface area contributed by atoms with E-state index in [1.54, 1.807) is 12.3 Å². The molecule has 0 saturated carbocycles. The van der Waals surface area contributed by atoms with Crippen LogP contribution in [0.25, 0.3) is 27.9 Å². The minimum Gasteiger partial charge on any atom is -0.384 e. The van der Waals surface area contributed by atoms with Crippen molar-refractivity contribution in [2.45, 2.75) is 0 Å². The van der Waals surface area contributed by atoms with Gasteiger partial charge in [0.25, 0.3) is 5.56 Å². The number of para-hydroxylation sites is 1. The van der Waals surface area contributed by atoms with Crippen LogP contribution in [0, 0.1) is 0 Å². The van der Waals surface area contributed by atoms with Crippen LogP contribution in [0.3, 0.4) is 0 Å². The predicted molar refractivity (Wildman–Crippen MR) is 112 cm³/mol. The Balaban J connectivity index is 1.74. The maximum Gasteiger partial charge on any atom is 0.283 e. The monoisotopic (exact) mass is 370 g/mol. The Morgan fingerprint density at radius 1 is 1.04 bits per heavy atom. The van der Waals surface area contributed by atoms with E-state index in [0.717, 1.165) is 28.1 Å². The third-order valence-corrected chi connectivity index (χ3v) is 5.41. The zero-order valence-electron chi connectivity index (χ0n) is 14.2. The molecule has 2 aromatic heterocycles. The fraction of sp³-hybridized carbons (Fsp3) is 0. The first-order valence-electron chi connectivity index (χ1n) is 8.43. The van der Waals surface area contributed by atoms with Crippen LogP contribution >= 0.6 is 11.3 Å². The number of rotatable bonds is 2. The molecule has 4 aromatic rings. The van der Waals surface area contributed by atoms with Gasteiger partial charge in [0.1, 0.15) is 5.82 Å². The molecular weight excluding hydrogens is 356 g/mol.